The third kappa shape index (κ3) is 4.81. The molecule has 0 atom stereocenters. The van der Waals surface area contributed by atoms with Crippen molar-refractivity contribution in [1.82, 2.24) is 4.90 Å². The maximum Gasteiger partial charge on any atom is 0.417 e. The molecule has 174 valence electrons. The number of thiocarbonyl (C=S) groups is 1. The Bertz CT molecular complexity index is 920. The lowest BCUT2D eigenvalue weighted by Gasteiger charge is -2.41. The quantitative estimate of drug-likeness (QED) is 0.242. The molecule has 1 aliphatic heterocycles. The Hall–Kier alpha value is -1.66. The first kappa shape index (κ1) is 25.0. The van der Waals surface area contributed by atoms with Crippen LogP contribution in [0.1, 0.15) is 69.9 Å². The fourth-order valence-corrected chi connectivity index (χ4v) is 5.84. The number of benzene rings is 1. The predicted octanol–water partition coefficient (Wildman–Crippen LogP) is 6.41. The van der Waals surface area contributed by atoms with Gasteiger partial charge in [0.1, 0.15) is 5.54 Å². The lowest BCUT2D eigenvalue weighted by molar-refractivity contribution is -0.137. The second-order valence-electron chi connectivity index (χ2n) is 9.05. The first-order valence-electron chi connectivity index (χ1n) is 10.9. The van der Waals surface area contributed by atoms with Crippen LogP contribution in [0.25, 0.3) is 0 Å². The van der Waals surface area contributed by atoms with Gasteiger partial charge in [0, 0.05) is 11.4 Å². The molecule has 0 spiro atoms. The molecule has 3 rings (SSSR count). The van der Waals surface area contributed by atoms with Gasteiger partial charge in [-0.15, -0.1) is 0 Å². The van der Waals surface area contributed by atoms with Crippen LogP contribution in [0.4, 0.5) is 18.9 Å². The predicted molar refractivity (Wildman–Crippen MR) is 126 cm³/mol. The number of alkyl halides is 4. The van der Waals surface area contributed by atoms with E-state index in [9.17, 15) is 18.0 Å². The zero-order valence-electron chi connectivity index (χ0n) is 18.2. The molecular formula is C23H27BrF3N3OS. The van der Waals surface area contributed by atoms with Gasteiger partial charge in [-0.1, -0.05) is 28.8 Å². The summed E-state index contributed by atoms with van der Waals surface area (Å²) >= 11 is 9.11. The van der Waals surface area contributed by atoms with E-state index < -0.39 is 22.8 Å². The van der Waals surface area contributed by atoms with Crippen LogP contribution in [-0.2, 0) is 11.0 Å². The smallest absolute Gasteiger partial charge is 0.331 e. The average Bonchev–Trinajstić information content (AvgIpc) is 2.92. The highest BCUT2D eigenvalue weighted by molar-refractivity contribution is 9.09. The van der Waals surface area contributed by atoms with E-state index in [0.717, 1.165) is 49.6 Å². The Balaban J connectivity index is 1.83. The Labute approximate surface area is 200 Å². The van der Waals surface area contributed by atoms with Crippen LogP contribution < -0.4 is 4.90 Å². The molecule has 32 heavy (non-hydrogen) atoms. The highest BCUT2D eigenvalue weighted by atomic mass is 79.9. The molecular weight excluding hydrogens is 503 g/mol. The van der Waals surface area contributed by atoms with Crippen LogP contribution >= 0.6 is 28.1 Å². The van der Waals surface area contributed by atoms with Crippen molar-refractivity contribution in [2.45, 2.75) is 76.6 Å². The summed E-state index contributed by atoms with van der Waals surface area (Å²) in [4.78, 5) is 16.4. The van der Waals surface area contributed by atoms with Crippen LogP contribution in [0, 0.1) is 17.2 Å². The second-order valence-corrected chi connectivity index (χ2v) is 10.2. The average molecular weight is 530 g/mol. The van der Waals surface area contributed by atoms with Crippen LogP contribution in [0.3, 0.4) is 0 Å². The first-order valence-corrected chi connectivity index (χ1v) is 12.4. The largest absolute Gasteiger partial charge is 0.417 e. The summed E-state index contributed by atoms with van der Waals surface area (Å²) in [6.07, 6.45) is 2.79. The topological polar surface area (TPSA) is 47.3 Å². The minimum atomic E-state index is -4.70. The monoisotopic (exact) mass is 529 g/mol. The van der Waals surface area contributed by atoms with Gasteiger partial charge >= 0.3 is 6.18 Å². The number of hydrogen-bond donors (Lipinski definition) is 0. The van der Waals surface area contributed by atoms with Crippen molar-refractivity contribution in [3.8, 4) is 6.07 Å². The van der Waals surface area contributed by atoms with Crippen molar-refractivity contribution in [2.24, 2.45) is 5.92 Å². The number of nitriles is 1. The summed E-state index contributed by atoms with van der Waals surface area (Å²) in [5.74, 6) is 0.323. The van der Waals surface area contributed by atoms with E-state index in [1.807, 2.05) is 4.90 Å². The molecule has 0 N–H and O–H groups in total. The number of halogens is 4. The van der Waals surface area contributed by atoms with Gasteiger partial charge in [0.05, 0.1) is 22.9 Å². The Morgan fingerprint density at radius 3 is 2.44 bits per heavy atom. The molecule has 1 aromatic carbocycles. The van der Waals surface area contributed by atoms with Crippen LogP contribution in [-0.4, -0.2) is 32.8 Å². The van der Waals surface area contributed by atoms with E-state index >= 15 is 0 Å². The lowest BCUT2D eigenvalue weighted by atomic mass is 9.81. The summed E-state index contributed by atoms with van der Waals surface area (Å²) in [6.45, 7) is 3.55. The molecule has 0 radical (unpaired) electrons. The summed E-state index contributed by atoms with van der Waals surface area (Å²) in [7, 11) is 0. The van der Waals surface area contributed by atoms with Gasteiger partial charge in [0.25, 0.3) is 5.91 Å². The summed E-state index contributed by atoms with van der Waals surface area (Å²) in [6, 6.07) is 4.96. The fourth-order valence-electron chi connectivity index (χ4n) is 4.87. The van der Waals surface area contributed by atoms with Crippen LogP contribution in [0.5, 0.6) is 0 Å². The third-order valence-electron chi connectivity index (χ3n) is 6.59. The third-order valence-corrected chi connectivity index (χ3v) is 7.53. The van der Waals surface area contributed by atoms with E-state index in [0.29, 0.717) is 5.92 Å². The number of hydrogen-bond acceptors (Lipinski definition) is 3. The molecule has 1 aliphatic carbocycles. The summed E-state index contributed by atoms with van der Waals surface area (Å²) in [5.41, 5.74) is -2.44. The van der Waals surface area contributed by atoms with Gasteiger partial charge in [-0.2, -0.15) is 18.4 Å². The number of carbonyl (C=O) groups is 1. The van der Waals surface area contributed by atoms with Gasteiger partial charge in [-0.05, 0) is 82.3 Å². The minimum Gasteiger partial charge on any atom is -0.331 e. The SMILES string of the molecule is CC1(C)C(=O)N(c2ccc(C#N)c(C(F)(F)F)c2)C(=S)N1[C@H]1CC[C@H](CCCCBr)CC1. The van der Waals surface area contributed by atoms with Crippen molar-refractivity contribution < 1.29 is 18.0 Å². The lowest BCUT2D eigenvalue weighted by Crippen LogP contribution is -2.51. The molecule has 2 aliphatic rings. The van der Waals surface area contributed by atoms with Gasteiger partial charge in [0.2, 0.25) is 0 Å². The second kappa shape index (κ2) is 9.68. The number of unbranched alkanes of at least 4 members (excludes halogenated alkanes) is 1. The molecule has 1 aromatic rings. The molecule has 1 saturated carbocycles. The Morgan fingerprint density at radius 2 is 1.88 bits per heavy atom. The summed E-state index contributed by atoms with van der Waals surface area (Å²) < 4.78 is 40.4. The highest BCUT2D eigenvalue weighted by Crippen LogP contribution is 2.41. The van der Waals surface area contributed by atoms with Gasteiger partial charge in [0.15, 0.2) is 5.11 Å². The van der Waals surface area contributed by atoms with Gasteiger partial charge in [-0.25, -0.2) is 0 Å². The summed E-state index contributed by atoms with van der Waals surface area (Å²) in [5, 5.41) is 10.3. The van der Waals surface area contributed by atoms with Crippen molar-refractivity contribution in [3.63, 3.8) is 0 Å². The standard InChI is InChI=1S/C23H27BrF3N3OS/c1-22(2)20(31)29(18-11-8-16(14-28)19(13-18)23(25,26)27)21(32)30(22)17-9-6-15(7-10-17)5-3-4-12-24/h8,11,13,15,17H,3-7,9-10,12H2,1-2H3/t15-,17-. The molecule has 0 unspecified atom stereocenters. The molecule has 9 heteroatoms. The molecule has 4 nitrogen and oxygen atoms in total. The van der Waals surface area contributed by atoms with E-state index in [2.05, 4.69) is 15.9 Å². The number of nitrogens with zero attached hydrogens (tertiary/aromatic N) is 3. The van der Waals surface area contributed by atoms with Crippen LogP contribution in [0.15, 0.2) is 18.2 Å². The molecule has 1 amide bonds. The number of amides is 1. The van der Waals surface area contributed by atoms with Crippen LogP contribution in [0.2, 0.25) is 0 Å². The zero-order valence-corrected chi connectivity index (χ0v) is 20.6. The zero-order chi connectivity index (χ0) is 23.7. The fraction of sp³-hybridized carbons (Fsp3) is 0.609. The van der Waals surface area contributed by atoms with Gasteiger partial charge < -0.3 is 4.90 Å². The number of rotatable bonds is 6. The molecule has 0 bridgehead atoms. The van der Waals surface area contributed by atoms with E-state index in [1.54, 1.807) is 19.9 Å². The van der Waals surface area contributed by atoms with E-state index in [1.165, 1.54) is 23.8 Å². The van der Waals surface area contributed by atoms with E-state index in [-0.39, 0.29) is 22.7 Å². The molecule has 2 fully saturated rings. The Morgan fingerprint density at radius 1 is 1.22 bits per heavy atom. The van der Waals surface area contributed by atoms with Crippen molar-refractivity contribution in [2.75, 3.05) is 10.2 Å². The maximum absolute atomic E-state index is 13.5. The maximum atomic E-state index is 13.5. The van der Waals surface area contributed by atoms with Gasteiger partial charge in [-0.3, -0.25) is 9.69 Å². The first-order chi connectivity index (χ1) is 15.0. The molecule has 1 heterocycles. The minimum absolute atomic E-state index is 0.0466. The molecule has 1 saturated heterocycles. The normalized spacial score (nSPS) is 23.5. The molecule has 0 aromatic heterocycles. The highest BCUT2D eigenvalue weighted by Gasteiger charge is 2.52. The number of anilines is 1. The van der Waals surface area contributed by atoms with Crippen molar-refractivity contribution >= 4 is 44.9 Å². The van der Waals surface area contributed by atoms with E-state index in [4.69, 9.17) is 17.5 Å². The van der Waals surface area contributed by atoms with Crippen molar-refractivity contribution in [1.29, 1.82) is 5.26 Å². The number of carbonyl (C=O) groups excluding carboxylic acids is 1. The van der Waals surface area contributed by atoms with Crippen molar-refractivity contribution in [3.05, 3.63) is 29.3 Å². The Kier molecular flexibility index (Phi) is 7.55.